The van der Waals surface area contributed by atoms with Crippen LogP contribution < -0.4 is 0 Å². The first-order valence-electron chi connectivity index (χ1n) is 5.25. The van der Waals surface area contributed by atoms with Crippen LogP contribution in [0.5, 0.6) is 0 Å². The van der Waals surface area contributed by atoms with E-state index in [0.717, 1.165) is 9.28 Å². The third-order valence-corrected chi connectivity index (χ3v) is 4.37. The zero-order chi connectivity index (χ0) is 10.6. The third-order valence-electron chi connectivity index (χ3n) is 1.64. The molecule has 82 valence electrons. The van der Waals surface area contributed by atoms with Gasteiger partial charge in [0.2, 0.25) is 0 Å². The summed E-state index contributed by atoms with van der Waals surface area (Å²) in [4.78, 5) is 0. The lowest BCUT2D eigenvalue weighted by atomic mass is 10.3. The van der Waals surface area contributed by atoms with E-state index in [-0.39, 0.29) is 0 Å². The first-order valence-corrected chi connectivity index (χ1v) is 7.63. The van der Waals surface area contributed by atoms with Gasteiger partial charge in [-0.1, -0.05) is 51.1 Å². The van der Waals surface area contributed by atoms with Gasteiger partial charge >= 0.3 is 0 Å². The lowest BCUT2D eigenvalue weighted by Crippen LogP contribution is -1.85. The van der Waals surface area contributed by atoms with Crippen LogP contribution in [-0.4, -0.2) is 15.0 Å². The van der Waals surface area contributed by atoms with Gasteiger partial charge in [0.05, 0.1) is 0 Å². The lowest BCUT2D eigenvalue weighted by molar-refractivity contribution is 0.898. The Bertz CT molecular complexity index is 164. The molecule has 0 nitrogen and oxygen atoms in total. The molecule has 0 unspecified atom stereocenters. The van der Waals surface area contributed by atoms with Crippen LogP contribution >= 0.6 is 35.7 Å². The summed E-state index contributed by atoms with van der Waals surface area (Å²) in [6.45, 7) is 4.41. The zero-order valence-corrected chi connectivity index (χ0v) is 11.6. The Labute approximate surface area is 102 Å². The number of thiocarbonyl (C=S) groups is 1. The van der Waals surface area contributed by atoms with Crippen molar-refractivity contribution in [1.29, 1.82) is 0 Å². The van der Waals surface area contributed by atoms with E-state index >= 15 is 0 Å². The molecule has 0 atom stereocenters. The Hall–Kier alpha value is 0.530. The molecule has 14 heavy (non-hydrogen) atoms. The van der Waals surface area contributed by atoms with E-state index in [1.165, 1.54) is 31.4 Å². The maximum absolute atomic E-state index is 5.24. The Morgan fingerprint density at radius 1 is 1.14 bits per heavy atom. The highest BCUT2D eigenvalue weighted by molar-refractivity contribution is 8.47. The molecule has 0 aliphatic heterocycles. The summed E-state index contributed by atoms with van der Waals surface area (Å²) in [6, 6.07) is 0. The van der Waals surface area contributed by atoms with Crippen LogP contribution in [0.3, 0.4) is 0 Å². The van der Waals surface area contributed by atoms with Crippen LogP contribution in [0.2, 0.25) is 0 Å². The second kappa shape index (κ2) is 11.6. The van der Waals surface area contributed by atoms with Crippen molar-refractivity contribution in [3.8, 4) is 0 Å². The first kappa shape index (κ1) is 14.5. The van der Waals surface area contributed by atoms with Crippen molar-refractivity contribution in [2.45, 2.75) is 39.5 Å². The van der Waals surface area contributed by atoms with E-state index in [9.17, 15) is 0 Å². The molecule has 0 aliphatic carbocycles. The average Bonchev–Trinajstić information content (AvgIpc) is 2.18. The Kier molecular flexibility index (Phi) is 12.0. The van der Waals surface area contributed by atoms with E-state index in [1.807, 2.05) is 11.8 Å². The van der Waals surface area contributed by atoms with Gasteiger partial charge in [0.1, 0.15) is 3.53 Å². The van der Waals surface area contributed by atoms with Gasteiger partial charge in [0.15, 0.2) is 0 Å². The normalized spacial score (nSPS) is 11.0. The van der Waals surface area contributed by atoms with Gasteiger partial charge in [-0.3, -0.25) is 0 Å². The second-order valence-corrected chi connectivity index (χ2v) is 6.34. The van der Waals surface area contributed by atoms with Crippen molar-refractivity contribution in [2.24, 2.45) is 0 Å². The molecular weight excluding hydrogens is 228 g/mol. The molecule has 0 aromatic rings. The molecular formula is C11H20S3. The molecule has 0 N–H and O–H groups in total. The van der Waals surface area contributed by atoms with Gasteiger partial charge in [0.25, 0.3) is 0 Å². The molecule has 0 aromatic heterocycles. The molecule has 0 saturated carbocycles. The highest BCUT2D eigenvalue weighted by Crippen LogP contribution is 2.18. The van der Waals surface area contributed by atoms with Crippen LogP contribution in [0.1, 0.15) is 39.5 Å². The fourth-order valence-corrected chi connectivity index (χ4v) is 3.02. The molecule has 3 heteroatoms. The number of hydrogen-bond donors (Lipinski definition) is 0. The fourth-order valence-electron chi connectivity index (χ4n) is 0.810. The van der Waals surface area contributed by atoms with Gasteiger partial charge in [0, 0.05) is 5.75 Å². The van der Waals surface area contributed by atoms with E-state index in [2.05, 4.69) is 26.0 Å². The monoisotopic (exact) mass is 248 g/mol. The maximum Gasteiger partial charge on any atom is 0.104 e. The number of thioether (sulfide) groups is 2. The summed E-state index contributed by atoms with van der Waals surface area (Å²) in [5.74, 6) is 2.22. The van der Waals surface area contributed by atoms with E-state index < -0.39 is 0 Å². The molecule has 0 heterocycles. The van der Waals surface area contributed by atoms with E-state index in [1.54, 1.807) is 11.8 Å². The highest BCUT2D eigenvalue weighted by atomic mass is 32.2. The minimum atomic E-state index is 1.04. The number of hydrogen-bond acceptors (Lipinski definition) is 3. The molecule has 0 radical (unpaired) electrons. The van der Waals surface area contributed by atoms with Gasteiger partial charge in [-0.2, -0.15) is 0 Å². The molecule has 0 aliphatic rings. The Morgan fingerprint density at radius 2 is 1.93 bits per heavy atom. The quantitative estimate of drug-likeness (QED) is 0.357. The predicted molar refractivity (Wildman–Crippen MR) is 76.5 cm³/mol. The smallest absolute Gasteiger partial charge is 0.104 e. The van der Waals surface area contributed by atoms with E-state index in [4.69, 9.17) is 12.2 Å². The molecule has 0 fully saturated rings. The summed E-state index contributed by atoms with van der Waals surface area (Å²) in [5.41, 5.74) is 0. The number of rotatable bonds is 7. The standard InChI is InChI=1S/C11H20S3/c1-3-5-7-8-10-14-11(12)13-9-6-4-2/h7-8H,3-6,9-10H2,1-2H3. The van der Waals surface area contributed by atoms with Crippen molar-refractivity contribution < 1.29 is 0 Å². The third kappa shape index (κ3) is 10.6. The second-order valence-electron chi connectivity index (χ2n) is 3.02. The van der Waals surface area contributed by atoms with Crippen LogP contribution in [0.4, 0.5) is 0 Å². The zero-order valence-electron chi connectivity index (χ0n) is 9.12. The molecule has 0 amide bonds. The summed E-state index contributed by atoms with van der Waals surface area (Å²) >= 11 is 8.85. The van der Waals surface area contributed by atoms with Gasteiger partial charge in [-0.15, -0.1) is 23.5 Å². The SMILES string of the molecule is CCCC=CCSC(=S)SCCCC. The van der Waals surface area contributed by atoms with Crippen molar-refractivity contribution in [2.75, 3.05) is 11.5 Å². The largest absolute Gasteiger partial charge is 0.108 e. The van der Waals surface area contributed by atoms with Crippen LogP contribution in [0, 0.1) is 0 Å². The van der Waals surface area contributed by atoms with Gasteiger partial charge < -0.3 is 0 Å². The topological polar surface area (TPSA) is 0 Å². The summed E-state index contributed by atoms with van der Waals surface area (Å²) in [7, 11) is 0. The predicted octanol–water partition coefficient (Wildman–Crippen LogP) is 4.89. The lowest BCUT2D eigenvalue weighted by Gasteiger charge is -1.99. The van der Waals surface area contributed by atoms with Crippen molar-refractivity contribution in [1.82, 2.24) is 0 Å². The minimum Gasteiger partial charge on any atom is -0.108 e. The summed E-state index contributed by atoms with van der Waals surface area (Å²) in [5, 5.41) is 0. The molecule has 0 rings (SSSR count). The number of allylic oxidation sites excluding steroid dienone is 1. The van der Waals surface area contributed by atoms with Crippen LogP contribution in [0.25, 0.3) is 0 Å². The fraction of sp³-hybridized carbons (Fsp3) is 0.727. The first-order chi connectivity index (χ1) is 6.81. The molecule has 0 saturated heterocycles. The average molecular weight is 248 g/mol. The van der Waals surface area contributed by atoms with E-state index in [0.29, 0.717) is 0 Å². The van der Waals surface area contributed by atoms with Gasteiger partial charge in [-0.25, -0.2) is 0 Å². The summed E-state index contributed by atoms with van der Waals surface area (Å²) < 4.78 is 1.10. The minimum absolute atomic E-state index is 1.04. The van der Waals surface area contributed by atoms with Crippen molar-refractivity contribution in [3.63, 3.8) is 0 Å². The van der Waals surface area contributed by atoms with Crippen LogP contribution in [0.15, 0.2) is 12.2 Å². The van der Waals surface area contributed by atoms with Crippen LogP contribution in [-0.2, 0) is 0 Å². The van der Waals surface area contributed by atoms with Crippen molar-refractivity contribution >= 4 is 39.3 Å². The maximum atomic E-state index is 5.24. The van der Waals surface area contributed by atoms with Gasteiger partial charge in [-0.05, 0) is 18.6 Å². The molecule has 0 aromatic carbocycles. The Morgan fingerprint density at radius 3 is 2.57 bits per heavy atom. The molecule has 0 spiro atoms. The molecule has 0 bridgehead atoms. The number of unbranched alkanes of at least 4 members (excludes halogenated alkanes) is 2. The summed E-state index contributed by atoms with van der Waals surface area (Å²) in [6.07, 6.45) is 9.42. The Balaban J connectivity index is 3.26. The van der Waals surface area contributed by atoms with Crippen molar-refractivity contribution in [3.05, 3.63) is 12.2 Å². The highest BCUT2D eigenvalue weighted by Gasteiger charge is 1.95.